The van der Waals surface area contributed by atoms with E-state index in [0.29, 0.717) is 0 Å². The molecule has 0 rings (SSSR count). The van der Waals surface area contributed by atoms with Crippen LogP contribution in [-0.4, -0.2) is 0 Å². The summed E-state index contributed by atoms with van der Waals surface area (Å²) in [5, 5.41) is 0. The van der Waals surface area contributed by atoms with Gasteiger partial charge in [-0.3, -0.25) is 0 Å². The van der Waals surface area contributed by atoms with Crippen molar-refractivity contribution < 1.29 is 15.1 Å². The quantitative estimate of drug-likeness (QED) is 0.443. The molecule has 0 saturated heterocycles. The van der Waals surface area contributed by atoms with Crippen LogP contribution >= 0.6 is 10.1 Å². The summed E-state index contributed by atoms with van der Waals surface area (Å²) in [5.74, 6) is 0. The second kappa shape index (κ2) is 21.3. The summed E-state index contributed by atoms with van der Waals surface area (Å²) in [6, 6.07) is 0. The van der Waals surface area contributed by atoms with Crippen molar-refractivity contribution >= 4 is 10.1 Å². The predicted octanol–water partition coefficient (Wildman–Crippen LogP) is 1.92. The number of rotatable bonds is 0. The first-order valence-electron chi connectivity index (χ1n) is 1.35. The number of hydrogen-bond donors (Lipinski definition) is 0. The van der Waals surface area contributed by atoms with Crippen LogP contribution in [0, 0.1) is 6.92 Å². The Bertz CT molecular complexity index is 6.85. The van der Waals surface area contributed by atoms with E-state index in [1.165, 1.54) is 0 Å². The molecule has 0 spiro atoms. The minimum atomic E-state index is 1.00. The molecule has 0 N–H and O–H groups in total. The van der Waals surface area contributed by atoms with Crippen molar-refractivity contribution in [3.05, 3.63) is 6.92 Å². The topological polar surface area (TPSA) is 0 Å². The molecule has 0 aromatic heterocycles. The van der Waals surface area contributed by atoms with Gasteiger partial charge in [0.1, 0.15) is 0 Å². The Balaban J connectivity index is 0. The summed E-state index contributed by atoms with van der Waals surface area (Å²) in [5.41, 5.74) is 0. The summed E-state index contributed by atoms with van der Waals surface area (Å²) in [6.45, 7) is 5.50. The van der Waals surface area contributed by atoms with Gasteiger partial charge in [0.15, 0.2) is 0 Å². The van der Waals surface area contributed by atoms with E-state index in [4.69, 9.17) is 0 Å². The molecule has 0 aliphatic rings. The zero-order valence-electron chi connectivity index (χ0n) is 3.17. The van der Waals surface area contributed by atoms with Crippen LogP contribution in [0.1, 0.15) is 13.3 Å². The van der Waals surface area contributed by atoms with Gasteiger partial charge in [0.05, 0.1) is 0 Å². The van der Waals surface area contributed by atoms with Crippen LogP contribution in [0.25, 0.3) is 0 Å². The van der Waals surface area contributed by atoms with Gasteiger partial charge >= 0.3 is 25.2 Å². The fourth-order valence-corrected chi connectivity index (χ4v) is 0. The van der Waals surface area contributed by atoms with Crippen molar-refractivity contribution in [1.29, 1.82) is 0 Å². The zero-order chi connectivity index (χ0) is 4.71. The zero-order valence-corrected chi connectivity index (χ0v) is 5.11. The first-order valence-corrected chi connectivity index (χ1v) is 2.97. The van der Waals surface area contributed by atoms with Gasteiger partial charge in [0, 0.05) is 0 Å². The first kappa shape index (κ1) is 9.26. The van der Waals surface area contributed by atoms with Gasteiger partial charge < -0.3 is 0 Å². The van der Waals surface area contributed by atoms with Gasteiger partial charge in [-0.15, -0.1) is 0 Å². The Morgan fingerprint density at radius 1 is 1.80 bits per heavy atom. The van der Waals surface area contributed by atoms with Crippen molar-refractivity contribution in [2.24, 2.45) is 0 Å². The Morgan fingerprint density at radius 3 is 1.80 bits per heavy atom. The molecule has 0 heterocycles. The second-order valence-corrected chi connectivity index (χ2v) is 0.500. The fourth-order valence-electron chi connectivity index (χ4n) is 0. The van der Waals surface area contributed by atoms with Gasteiger partial charge in [0.2, 0.25) is 0 Å². The molecular formula is C3H7ClMn. The van der Waals surface area contributed by atoms with Gasteiger partial charge in [-0.25, -0.2) is 0 Å². The molecule has 0 aromatic carbocycles. The minimum absolute atomic E-state index is 1.00. The number of hydrogen-bond acceptors (Lipinski definition) is 0. The molecule has 0 aliphatic carbocycles. The van der Waals surface area contributed by atoms with Crippen molar-refractivity contribution in [1.82, 2.24) is 0 Å². The summed E-state index contributed by atoms with van der Waals surface area (Å²) in [6.07, 6.45) is 1.00. The Hall–Kier alpha value is 0.809. The van der Waals surface area contributed by atoms with Crippen LogP contribution in [0.15, 0.2) is 0 Å². The summed E-state index contributed by atoms with van der Waals surface area (Å²) < 4.78 is 0. The molecule has 33 valence electrons. The fraction of sp³-hybridized carbons (Fsp3) is 0.667. The summed E-state index contributed by atoms with van der Waals surface area (Å²) in [4.78, 5) is 0. The summed E-state index contributed by atoms with van der Waals surface area (Å²) in [7, 11) is 4.45. The molecule has 0 unspecified atom stereocenters. The molecule has 0 amide bonds. The molecule has 5 heavy (non-hydrogen) atoms. The average Bonchev–Trinajstić information content (AvgIpc) is 1.46. The molecular weight excluding hydrogens is 126 g/mol. The van der Waals surface area contributed by atoms with Crippen molar-refractivity contribution in [2.75, 3.05) is 0 Å². The van der Waals surface area contributed by atoms with E-state index < -0.39 is 0 Å². The van der Waals surface area contributed by atoms with Crippen LogP contribution in [0.3, 0.4) is 0 Å². The molecule has 2 heteroatoms. The Kier molecular flexibility index (Phi) is 39.5. The van der Waals surface area contributed by atoms with E-state index in [2.05, 4.69) is 32.1 Å². The van der Waals surface area contributed by atoms with Crippen LogP contribution in [0.5, 0.6) is 0 Å². The summed E-state index contributed by atoms with van der Waals surface area (Å²) >= 11 is 2.41. The number of halogens is 1. The van der Waals surface area contributed by atoms with E-state index in [0.717, 1.165) is 6.42 Å². The van der Waals surface area contributed by atoms with Gasteiger partial charge in [0.25, 0.3) is 0 Å². The molecule has 1 radical (unpaired) electrons. The van der Waals surface area contributed by atoms with E-state index in [9.17, 15) is 0 Å². The van der Waals surface area contributed by atoms with Crippen LogP contribution < -0.4 is 0 Å². The van der Waals surface area contributed by atoms with E-state index in [1.807, 2.05) is 6.92 Å². The molecule has 0 bridgehead atoms. The van der Waals surface area contributed by atoms with Crippen molar-refractivity contribution in [2.45, 2.75) is 13.3 Å². The van der Waals surface area contributed by atoms with Gasteiger partial charge in [-0.05, 0) is 0 Å². The molecule has 0 aliphatic heterocycles. The van der Waals surface area contributed by atoms with Gasteiger partial charge in [-0.2, -0.15) is 0 Å². The van der Waals surface area contributed by atoms with E-state index in [1.54, 1.807) is 0 Å². The Labute approximate surface area is 45.9 Å². The standard InChI is InChI=1S/C3H7.ClH.Mn/c1-3-2;;/h1,3H2,2H3;1H;/q;;+1/p-1. The van der Waals surface area contributed by atoms with Crippen LogP contribution in [-0.2, 0) is 15.1 Å². The van der Waals surface area contributed by atoms with Crippen LogP contribution in [0.4, 0.5) is 0 Å². The van der Waals surface area contributed by atoms with Crippen molar-refractivity contribution in [3.8, 4) is 0 Å². The SMILES string of the molecule is [CH2]CC.[Cl][Mn]. The molecule has 0 saturated carbocycles. The van der Waals surface area contributed by atoms with Gasteiger partial charge in [-0.1, -0.05) is 20.3 Å². The van der Waals surface area contributed by atoms with E-state index in [-0.39, 0.29) is 0 Å². The third kappa shape index (κ3) is 57.9. The average molecular weight is 133 g/mol. The maximum absolute atomic E-state index is 4.45. The predicted molar refractivity (Wildman–Crippen MR) is 21.5 cm³/mol. The molecule has 0 nitrogen and oxygen atoms in total. The molecule has 0 fully saturated rings. The second-order valence-electron chi connectivity index (χ2n) is 0.500. The molecule has 0 aromatic rings. The maximum atomic E-state index is 4.45. The normalized spacial score (nSPS) is 4.80. The van der Waals surface area contributed by atoms with Crippen molar-refractivity contribution in [3.63, 3.8) is 0 Å². The molecule has 0 atom stereocenters. The first-order chi connectivity index (χ1) is 2.41. The van der Waals surface area contributed by atoms with E-state index >= 15 is 0 Å². The monoisotopic (exact) mass is 133 g/mol. The third-order valence-electron chi connectivity index (χ3n) is 0. The Morgan fingerprint density at radius 2 is 1.80 bits per heavy atom. The third-order valence-corrected chi connectivity index (χ3v) is 0. The van der Waals surface area contributed by atoms with Crippen LogP contribution in [0.2, 0.25) is 0 Å².